The van der Waals surface area contributed by atoms with Crippen molar-refractivity contribution in [3.05, 3.63) is 29.8 Å². The lowest BCUT2D eigenvalue weighted by molar-refractivity contribution is 0.00633. The van der Waals surface area contributed by atoms with Crippen molar-refractivity contribution in [3.8, 4) is 0 Å². The summed E-state index contributed by atoms with van der Waals surface area (Å²) in [6.07, 6.45) is 3.91. The zero-order valence-corrected chi connectivity index (χ0v) is 11.3. The number of piperidine rings is 1. The van der Waals surface area contributed by atoms with Crippen LogP contribution in [0.25, 0.3) is 0 Å². The summed E-state index contributed by atoms with van der Waals surface area (Å²) in [6.45, 7) is 6.24. The van der Waals surface area contributed by atoms with Crippen molar-refractivity contribution in [1.29, 1.82) is 0 Å². The Hall–Kier alpha value is -1.06. The van der Waals surface area contributed by atoms with Crippen molar-refractivity contribution in [1.82, 2.24) is 4.90 Å². The van der Waals surface area contributed by atoms with Crippen molar-refractivity contribution in [2.75, 3.05) is 32.0 Å². The van der Waals surface area contributed by atoms with E-state index in [1.54, 1.807) is 0 Å². The van der Waals surface area contributed by atoms with Crippen LogP contribution in [-0.4, -0.2) is 37.2 Å². The highest BCUT2D eigenvalue weighted by molar-refractivity contribution is 5.46. The van der Waals surface area contributed by atoms with Gasteiger partial charge in [0, 0.05) is 25.4 Å². The van der Waals surface area contributed by atoms with Gasteiger partial charge < -0.3 is 15.4 Å². The first-order chi connectivity index (χ1) is 8.79. The largest absolute Gasteiger partial charge is 0.399 e. The molecular formula is C15H24N2O. The molecule has 18 heavy (non-hydrogen) atoms. The minimum absolute atomic E-state index is 0.428. The number of para-hydroxylation sites is 1. The number of hydrogen-bond donors (Lipinski definition) is 1. The van der Waals surface area contributed by atoms with E-state index in [-0.39, 0.29) is 0 Å². The van der Waals surface area contributed by atoms with Gasteiger partial charge >= 0.3 is 0 Å². The molecule has 0 bridgehead atoms. The van der Waals surface area contributed by atoms with Crippen LogP contribution in [0, 0.1) is 0 Å². The number of nitrogens with zero attached hydrogens (tertiary/aromatic N) is 1. The molecule has 100 valence electrons. The van der Waals surface area contributed by atoms with Gasteiger partial charge in [-0.15, -0.1) is 0 Å². The van der Waals surface area contributed by atoms with E-state index in [1.165, 1.54) is 24.9 Å². The Morgan fingerprint density at radius 3 is 3.00 bits per heavy atom. The quantitative estimate of drug-likeness (QED) is 0.813. The van der Waals surface area contributed by atoms with Crippen molar-refractivity contribution < 1.29 is 4.74 Å². The van der Waals surface area contributed by atoms with Crippen LogP contribution >= 0.6 is 0 Å². The molecule has 1 heterocycles. The summed E-state index contributed by atoms with van der Waals surface area (Å²) in [6, 6.07) is 8.16. The first-order valence-corrected chi connectivity index (χ1v) is 6.97. The molecule has 0 radical (unpaired) electrons. The van der Waals surface area contributed by atoms with Gasteiger partial charge in [-0.3, -0.25) is 0 Å². The molecule has 2 N–H and O–H groups in total. The van der Waals surface area contributed by atoms with Crippen molar-refractivity contribution in [2.24, 2.45) is 0 Å². The number of ether oxygens (including phenoxy) is 1. The zero-order chi connectivity index (χ0) is 12.8. The lowest BCUT2D eigenvalue weighted by atomic mass is 10.1. The van der Waals surface area contributed by atoms with Crippen LogP contribution in [0.2, 0.25) is 0 Å². The molecule has 1 aliphatic rings. The van der Waals surface area contributed by atoms with Gasteiger partial charge in [0.15, 0.2) is 0 Å². The maximum atomic E-state index is 5.97. The first-order valence-electron chi connectivity index (χ1n) is 6.97. The van der Waals surface area contributed by atoms with E-state index in [0.29, 0.717) is 6.10 Å². The summed E-state index contributed by atoms with van der Waals surface area (Å²) >= 11 is 0. The maximum Gasteiger partial charge on any atom is 0.0702 e. The lowest BCUT2D eigenvalue weighted by Gasteiger charge is -2.32. The summed E-state index contributed by atoms with van der Waals surface area (Å²) in [5, 5.41) is 0. The molecule has 1 aromatic rings. The molecule has 0 aliphatic carbocycles. The Bertz CT molecular complexity index is 365. The van der Waals surface area contributed by atoms with E-state index < -0.39 is 0 Å². The average molecular weight is 248 g/mol. The summed E-state index contributed by atoms with van der Waals surface area (Å²) in [4.78, 5) is 2.50. The topological polar surface area (TPSA) is 38.5 Å². The molecule has 1 aliphatic heterocycles. The van der Waals surface area contributed by atoms with Gasteiger partial charge in [-0.05, 0) is 44.4 Å². The third kappa shape index (κ3) is 3.72. The van der Waals surface area contributed by atoms with Gasteiger partial charge in [-0.2, -0.15) is 0 Å². The van der Waals surface area contributed by atoms with Crippen LogP contribution in [-0.2, 0) is 11.2 Å². The first kappa shape index (κ1) is 13.4. The third-order valence-corrected chi connectivity index (χ3v) is 3.62. The molecule has 0 aromatic heterocycles. The standard InChI is InChI=1S/C15H24N2O/c1-2-18-14-7-5-10-17(12-14)11-9-13-6-3-4-8-15(13)16/h3-4,6,8,14H,2,5,7,9-12,16H2,1H3. The SMILES string of the molecule is CCOC1CCCN(CCc2ccccc2N)C1. The minimum Gasteiger partial charge on any atom is -0.399 e. The molecule has 1 atom stereocenters. The fourth-order valence-corrected chi connectivity index (χ4v) is 2.63. The summed E-state index contributed by atoms with van der Waals surface area (Å²) in [7, 11) is 0. The summed E-state index contributed by atoms with van der Waals surface area (Å²) in [5.41, 5.74) is 8.14. The summed E-state index contributed by atoms with van der Waals surface area (Å²) < 4.78 is 5.72. The number of nitrogen functional groups attached to an aromatic ring is 1. The molecule has 3 nitrogen and oxygen atoms in total. The highest BCUT2D eigenvalue weighted by atomic mass is 16.5. The second kappa shape index (κ2) is 6.76. The fourth-order valence-electron chi connectivity index (χ4n) is 2.63. The second-order valence-electron chi connectivity index (χ2n) is 4.97. The van der Waals surface area contributed by atoms with E-state index in [9.17, 15) is 0 Å². The van der Waals surface area contributed by atoms with Crippen LogP contribution in [0.3, 0.4) is 0 Å². The lowest BCUT2D eigenvalue weighted by Crippen LogP contribution is -2.40. The minimum atomic E-state index is 0.428. The Balaban J connectivity index is 1.81. The molecule has 1 fully saturated rings. The van der Waals surface area contributed by atoms with Gasteiger partial charge in [0.1, 0.15) is 0 Å². The zero-order valence-electron chi connectivity index (χ0n) is 11.3. The van der Waals surface area contributed by atoms with E-state index in [4.69, 9.17) is 10.5 Å². The van der Waals surface area contributed by atoms with Crippen LogP contribution in [0.1, 0.15) is 25.3 Å². The molecule has 0 amide bonds. The molecule has 1 saturated heterocycles. The highest BCUT2D eigenvalue weighted by Gasteiger charge is 2.19. The van der Waals surface area contributed by atoms with Gasteiger partial charge in [0.25, 0.3) is 0 Å². The van der Waals surface area contributed by atoms with Crippen molar-refractivity contribution >= 4 is 5.69 Å². The van der Waals surface area contributed by atoms with Crippen LogP contribution in [0.5, 0.6) is 0 Å². The Kier molecular flexibility index (Phi) is 5.02. The van der Waals surface area contributed by atoms with Crippen molar-refractivity contribution in [3.63, 3.8) is 0 Å². The molecule has 1 unspecified atom stereocenters. The smallest absolute Gasteiger partial charge is 0.0702 e. The van der Waals surface area contributed by atoms with Gasteiger partial charge in [-0.25, -0.2) is 0 Å². The summed E-state index contributed by atoms with van der Waals surface area (Å²) in [5.74, 6) is 0. The Labute approximate surface area is 110 Å². The van der Waals surface area contributed by atoms with Crippen LogP contribution < -0.4 is 5.73 Å². The van der Waals surface area contributed by atoms with Crippen LogP contribution in [0.4, 0.5) is 5.69 Å². The predicted molar refractivity (Wildman–Crippen MR) is 75.6 cm³/mol. The molecule has 1 aromatic carbocycles. The third-order valence-electron chi connectivity index (χ3n) is 3.62. The number of nitrogens with two attached hydrogens (primary N) is 1. The molecule has 0 saturated carbocycles. The Morgan fingerprint density at radius 1 is 1.39 bits per heavy atom. The van der Waals surface area contributed by atoms with E-state index in [2.05, 4.69) is 24.0 Å². The number of benzene rings is 1. The number of rotatable bonds is 5. The normalized spacial score (nSPS) is 21.1. The fraction of sp³-hybridized carbons (Fsp3) is 0.600. The molecule has 3 heteroatoms. The Morgan fingerprint density at radius 2 is 2.22 bits per heavy atom. The monoisotopic (exact) mass is 248 g/mol. The van der Waals surface area contributed by atoms with E-state index >= 15 is 0 Å². The van der Waals surface area contributed by atoms with Gasteiger partial charge in [0.05, 0.1) is 6.10 Å². The molecule has 2 rings (SSSR count). The number of anilines is 1. The van der Waals surface area contributed by atoms with E-state index in [0.717, 1.165) is 31.8 Å². The second-order valence-corrected chi connectivity index (χ2v) is 4.97. The molecular weight excluding hydrogens is 224 g/mol. The van der Waals surface area contributed by atoms with Crippen molar-refractivity contribution in [2.45, 2.75) is 32.3 Å². The van der Waals surface area contributed by atoms with Crippen LogP contribution in [0.15, 0.2) is 24.3 Å². The van der Waals surface area contributed by atoms with E-state index in [1.807, 2.05) is 12.1 Å². The van der Waals surface area contributed by atoms with Gasteiger partial charge in [0.2, 0.25) is 0 Å². The number of hydrogen-bond acceptors (Lipinski definition) is 3. The maximum absolute atomic E-state index is 5.97. The molecule has 0 spiro atoms. The van der Waals surface area contributed by atoms with Gasteiger partial charge in [-0.1, -0.05) is 18.2 Å². The highest BCUT2D eigenvalue weighted by Crippen LogP contribution is 2.16. The predicted octanol–water partition coefficient (Wildman–Crippen LogP) is 2.31. The number of likely N-dealkylation sites (tertiary alicyclic amines) is 1. The average Bonchev–Trinajstić information content (AvgIpc) is 2.39.